The summed E-state index contributed by atoms with van der Waals surface area (Å²) in [5, 5.41) is 2.75. The molecule has 0 N–H and O–H groups in total. The summed E-state index contributed by atoms with van der Waals surface area (Å²) in [6.45, 7) is 0.377. The van der Waals surface area contributed by atoms with Gasteiger partial charge in [-0.2, -0.15) is 0 Å². The first-order valence-electron chi connectivity index (χ1n) is 9.86. The predicted molar refractivity (Wildman–Crippen MR) is 125 cm³/mol. The first-order chi connectivity index (χ1) is 15.2. The molecule has 5 rings (SSSR count). The van der Waals surface area contributed by atoms with Crippen molar-refractivity contribution < 1.29 is 9.53 Å². The number of anilines is 1. The lowest BCUT2D eigenvalue weighted by atomic mass is 10.1. The van der Waals surface area contributed by atoms with E-state index in [4.69, 9.17) is 9.72 Å². The number of carbonyl (C=O) groups excluding carboxylic acids is 1. The molecule has 0 bridgehead atoms. The fourth-order valence-corrected chi connectivity index (χ4v) is 4.55. The summed E-state index contributed by atoms with van der Waals surface area (Å²) in [4.78, 5) is 24.3. The van der Waals surface area contributed by atoms with Crippen LogP contribution in [0.5, 0.6) is 5.75 Å². The van der Waals surface area contributed by atoms with Crippen molar-refractivity contribution in [3.8, 4) is 5.75 Å². The number of hydrogen-bond acceptors (Lipinski definition) is 5. The molecule has 0 aliphatic rings. The molecule has 0 aliphatic heterocycles. The number of pyridine rings is 1. The van der Waals surface area contributed by atoms with Crippen LogP contribution in [0.3, 0.4) is 0 Å². The van der Waals surface area contributed by atoms with Crippen molar-refractivity contribution in [1.29, 1.82) is 0 Å². The van der Waals surface area contributed by atoms with Crippen molar-refractivity contribution in [3.63, 3.8) is 0 Å². The van der Waals surface area contributed by atoms with Gasteiger partial charge in [0.1, 0.15) is 11.3 Å². The Kier molecular flexibility index (Phi) is 5.06. The maximum absolute atomic E-state index is 13.7. The van der Waals surface area contributed by atoms with Gasteiger partial charge < -0.3 is 4.74 Å². The molecule has 0 saturated carbocycles. The van der Waals surface area contributed by atoms with Gasteiger partial charge in [0, 0.05) is 18.0 Å². The Labute approximate surface area is 183 Å². The van der Waals surface area contributed by atoms with Crippen LogP contribution in [0.2, 0.25) is 0 Å². The first-order valence-corrected chi connectivity index (χ1v) is 10.7. The molecule has 3 aromatic carbocycles. The Balaban J connectivity index is 1.60. The second-order valence-corrected chi connectivity index (χ2v) is 8.13. The zero-order valence-corrected chi connectivity index (χ0v) is 17.7. The highest BCUT2D eigenvalue weighted by Crippen LogP contribution is 2.35. The molecular weight excluding hydrogens is 406 g/mol. The average molecular weight is 426 g/mol. The number of methoxy groups -OCH3 is 1. The Morgan fingerprint density at radius 2 is 1.87 bits per heavy atom. The largest absolute Gasteiger partial charge is 0.494 e. The van der Waals surface area contributed by atoms with Gasteiger partial charge in [-0.1, -0.05) is 53.8 Å². The second-order valence-electron chi connectivity index (χ2n) is 7.12. The molecule has 5 aromatic rings. The number of amides is 1. The SMILES string of the molecule is COc1cccc2sc(N(Cc3cccnc3)C(=O)c3ccc4ccccc4c3)nc12. The lowest BCUT2D eigenvalue weighted by Crippen LogP contribution is -2.30. The molecular formula is C25H19N3O2S. The Morgan fingerprint density at radius 1 is 1.00 bits per heavy atom. The van der Waals surface area contributed by atoms with Crippen LogP contribution in [0.15, 0.2) is 85.2 Å². The van der Waals surface area contributed by atoms with Crippen LogP contribution in [-0.2, 0) is 6.54 Å². The van der Waals surface area contributed by atoms with Gasteiger partial charge in [-0.25, -0.2) is 4.98 Å². The molecule has 2 aromatic heterocycles. The number of rotatable bonds is 5. The first kappa shape index (κ1) is 19.2. The third-order valence-corrected chi connectivity index (χ3v) is 6.17. The minimum atomic E-state index is -0.104. The molecule has 5 nitrogen and oxygen atoms in total. The van der Waals surface area contributed by atoms with Crippen molar-refractivity contribution in [2.24, 2.45) is 0 Å². The third kappa shape index (κ3) is 3.73. The molecule has 0 unspecified atom stereocenters. The van der Waals surface area contributed by atoms with E-state index in [1.54, 1.807) is 24.4 Å². The minimum Gasteiger partial charge on any atom is -0.494 e. The van der Waals surface area contributed by atoms with E-state index in [-0.39, 0.29) is 5.91 Å². The molecule has 2 heterocycles. The van der Waals surface area contributed by atoms with Crippen molar-refractivity contribution in [2.45, 2.75) is 6.54 Å². The fourth-order valence-electron chi connectivity index (χ4n) is 3.57. The van der Waals surface area contributed by atoms with Gasteiger partial charge in [-0.15, -0.1) is 0 Å². The summed E-state index contributed by atoms with van der Waals surface area (Å²) in [5.41, 5.74) is 2.31. The van der Waals surface area contributed by atoms with Crippen LogP contribution in [0.1, 0.15) is 15.9 Å². The zero-order chi connectivity index (χ0) is 21.2. The molecule has 0 aliphatic carbocycles. The molecule has 6 heteroatoms. The highest BCUT2D eigenvalue weighted by atomic mass is 32.1. The quantitative estimate of drug-likeness (QED) is 0.362. The normalized spacial score (nSPS) is 11.0. The van der Waals surface area contributed by atoms with Gasteiger partial charge in [0.05, 0.1) is 18.4 Å². The van der Waals surface area contributed by atoms with Crippen molar-refractivity contribution >= 4 is 43.4 Å². The van der Waals surface area contributed by atoms with E-state index in [0.717, 1.165) is 26.6 Å². The molecule has 0 atom stereocenters. The van der Waals surface area contributed by atoms with Crippen molar-refractivity contribution in [2.75, 3.05) is 12.0 Å². The number of thiazole rings is 1. The second kappa shape index (κ2) is 8.16. The standard InChI is InChI=1S/C25H19N3O2S/c1-30-21-9-4-10-22-23(21)27-25(31-22)28(16-17-6-5-13-26-15-17)24(29)20-12-11-18-7-2-3-8-19(18)14-20/h2-15H,16H2,1H3. The molecule has 0 saturated heterocycles. The van der Waals surface area contributed by atoms with Crippen LogP contribution in [-0.4, -0.2) is 23.0 Å². The summed E-state index contributed by atoms with van der Waals surface area (Å²) in [6.07, 6.45) is 3.50. The minimum absolute atomic E-state index is 0.104. The number of nitrogens with zero attached hydrogens (tertiary/aromatic N) is 3. The van der Waals surface area contributed by atoms with Gasteiger partial charge in [-0.3, -0.25) is 14.7 Å². The fraction of sp³-hybridized carbons (Fsp3) is 0.0800. The van der Waals surface area contributed by atoms with Gasteiger partial charge in [0.15, 0.2) is 5.13 Å². The maximum atomic E-state index is 13.7. The van der Waals surface area contributed by atoms with E-state index in [0.29, 0.717) is 23.0 Å². The van der Waals surface area contributed by atoms with Crippen LogP contribution < -0.4 is 9.64 Å². The Hall–Kier alpha value is -3.77. The smallest absolute Gasteiger partial charge is 0.260 e. The van der Waals surface area contributed by atoms with Gasteiger partial charge >= 0.3 is 0 Å². The molecule has 0 spiro atoms. The topological polar surface area (TPSA) is 55.3 Å². The number of ether oxygens (including phenoxy) is 1. The summed E-state index contributed by atoms with van der Waals surface area (Å²) < 4.78 is 6.43. The monoisotopic (exact) mass is 425 g/mol. The van der Waals surface area contributed by atoms with Gasteiger partial charge in [0.2, 0.25) is 0 Å². The highest BCUT2D eigenvalue weighted by molar-refractivity contribution is 7.22. The molecule has 152 valence electrons. The average Bonchev–Trinajstić information content (AvgIpc) is 3.26. The molecule has 1 amide bonds. The summed E-state index contributed by atoms with van der Waals surface area (Å²) in [6, 6.07) is 23.4. The van der Waals surface area contributed by atoms with Crippen LogP contribution in [0.4, 0.5) is 5.13 Å². The van der Waals surface area contributed by atoms with E-state index >= 15 is 0 Å². The highest BCUT2D eigenvalue weighted by Gasteiger charge is 2.23. The summed E-state index contributed by atoms with van der Waals surface area (Å²) in [5.74, 6) is 0.590. The molecule has 0 fully saturated rings. The van der Waals surface area contributed by atoms with E-state index in [1.165, 1.54) is 11.3 Å². The lowest BCUT2D eigenvalue weighted by Gasteiger charge is -2.20. The van der Waals surface area contributed by atoms with Gasteiger partial charge in [-0.05, 0) is 46.7 Å². The number of aromatic nitrogens is 2. The van der Waals surface area contributed by atoms with Crippen LogP contribution in [0.25, 0.3) is 21.0 Å². The van der Waals surface area contributed by atoms with Gasteiger partial charge in [0.25, 0.3) is 5.91 Å². The number of fused-ring (bicyclic) bond motifs is 2. The van der Waals surface area contributed by atoms with E-state index in [9.17, 15) is 4.79 Å². The lowest BCUT2D eigenvalue weighted by molar-refractivity contribution is 0.0985. The summed E-state index contributed by atoms with van der Waals surface area (Å²) >= 11 is 1.47. The van der Waals surface area contributed by atoms with E-state index in [2.05, 4.69) is 4.98 Å². The van der Waals surface area contributed by atoms with Crippen LogP contribution in [0, 0.1) is 0 Å². The van der Waals surface area contributed by atoms with Crippen molar-refractivity contribution in [3.05, 3.63) is 96.3 Å². The number of carbonyl (C=O) groups is 1. The summed E-state index contributed by atoms with van der Waals surface area (Å²) in [7, 11) is 1.63. The maximum Gasteiger partial charge on any atom is 0.260 e. The van der Waals surface area contributed by atoms with Crippen LogP contribution >= 0.6 is 11.3 Å². The Bertz CT molecular complexity index is 1380. The molecule has 0 radical (unpaired) electrons. The van der Waals surface area contributed by atoms with E-state index in [1.807, 2.05) is 72.8 Å². The van der Waals surface area contributed by atoms with E-state index < -0.39 is 0 Å². The van der Waals surface area contributed by atoms with Crippen molar-refractivity contribution in [1.82, 2.24) is 9.97 Å². The number of hydrogen-bond donors (Lipinski definition) is 0. The molecule has 31 heavy (non-hydrogen) atoms. The number of para-hydroxylation sites is 1. The zero-order valence-electron chi connectivity index (χ0n) is 16.9. The number of benzene rings is 3. The Morgan fingerprint density at radius 3 is 2.68 bits per heavy atom. The predicted octanol–water partition coefficient (Wildman–Crippen LogP) is 5.70. The third-order valence-electron chi connectivity index (χ3n) is 5.13.